The maximum absolute atomic E-state index is 14.0. The molecule has 2 N–H and O–H groups in total. The number of aromatic nitrogens is 3. The average molecular weight is 1130 g/mol. The maximum Gasteiger partial charge on any atom is 0.407 e. The van der Waals surface area contributed by atoms with Crippen LogP contribution in [0.5, 0.6) is 0 Å². The van der Waals surface area contributed by atoms with Gasteiger partial charge in [-0.05, 0) is 66.9 Å². The number of carboxylic acids is 1. The number of fused-ring (bicyclic) bond motifs is 5. The van der Waals surface area contributed by atoms with Gasteiger partial charge in [0.25, 0.3) is 0 Å². The lowest BCUT2D eigenvalue weighted by Gasteiger charge is -2.44. The molecule has 1 aromatic heterocycles. The molecule has 0 radical (unpaired) electrons. The number of rotatable bonds is 26. The van der Waals surface area contributed by atoms with Crippen LogP contribution in [0.3, 0.4) is 0 Å². The summed E-state index contributed by atoms with van der Waals surface area (Å²) in [4.78, 5) is 79.3. The zero-order valence-corrected chi connectivity index (χ0v) is 45.2. The van der Waals surface area contributed by atoms with Crippen LogP contribution in [-0.4, -0.2) is 133 Å². The number of benzene rings is 6. The summed E-state index contributed by atoms with van der Waals surface area (Å²) in [5.74, 6) is -4.05. The number of esters is 4. The van der Waals surface area contributed by atoms with Crippen LogP contribution in [0.25, 0.3) is 22.5 Å². The van der Waals surface area contributed by atoms with Crippen molar-refractivity contribution in [1.29, 1.82) is 0 Å². The van der Waals surface area contributed by atoms with Crippen molar-refractivity contribution >= 4 is 35.9 Å². The third-order valence-corrected chi connectivity index (χ3v) is 13.6. The first-order valence-corrected chi connectivity index (χ1v) is 27.3. The van der Waals surface area contributed by atoms with Crippen molar-refractivity contribution in [1.82, 2.24) is 20.3 Å². The maximum atomic E-state index is 14.0. The first kappa shape index (κ1) is 58.6. The molecule has 2 aliphatic rings. The second-order valence-corrected chi connectivity index (χ2v) is 19.3. The SMILES string of the molecule is O=C(O)CCCCCNC(=O)OC1Cc2ccccc2-c2nnn(CCOCCOCCO[C@H]3OC(COC(=O)c4ccccc4)[C@@H](OC(=O)c4ccccc4)C(OC(=O)c4ccccc4)C3OC(=O)c3ccccc3)c2-c2ccccc21. The monoisotopic (exact) mass is 1130 g/mol. The van der Waals surface area contributed by atoms with Crippen LogP contribution >= 0.6 is 0 Å². The van der Waals surface area contributed by atoms with Crippen LogP contribution in [0.15, 0.2) is 170 Å². The van der Waals surface area contributed by atoms with Gasteiger partial charge in [-0.15, -0.1) is 5.10 Å². The summed E-state index contributed by atoms with van der Waals surface area (Å²) in [6, 6.07) is 47.9. The van der Waals surface area contributed by atoms with E-state index in [1.165, 1.54) is 36.4 Å². The summed E-state index contributed by atoms with van der Waals surface area (Å²) in [6.45, 7) is 0.476. The van der Waals surface area contributed by atoms with Crippen LogP contribution in [0.1, 0.15) is 84.3 Å². The minimum atomic E-state index is -1.59. The van der Waals surface area contributed by atoms with Gasteiger partial charge >= 0.3 is 35.9 Å². The van der Waals surface area contributed by atoms with E-state index >= 15 is 0 Å². The Morgan fingerprint density at radius 3 is 1.71 bits per heavy atom. The summed E-state index contributed by atoms with van der Waals surface area (Å²) in [7, 11) is 0. The van der Waals surface area contributed by atoms with Gasteiger partial charge in [-0.1, -0.05) is 133 Å². The predicted octanol–water partition coefficient (Wildman–Crippen LogP) is 8.89. The Hall–Kier alpha value is -9.08. The first-order valence-electron chi connectivity index (χ1n) is 27.3. The molecular weight excluding hydrogens is 1070 g/mol. The molecule has 9 rings (SSSR count). The van der Waals surface area contributed by atoms with Crippen LogP contribution in [0.4, 0.5) is 4.79 Å². The van der Waals surface area contributed by atoms with Crippen LogP contribution in [-0.2, 0) is 60.4 Å². The van der Waals surface area contributed by atoms with E-state index in [1.54, 1.807) is 89.6 Å². The Kier molecular flexibility index (Phi) is 20.9. The highest BCUT2D eigenvalue weighted by Crippen LogP contribution is 2.42. The van der Waals surface area contributed by atoms with Crippen molar-refractivity contribution in [2.24, 2.45) is 0 Å². The molecular formula is C63H62N4O16. The summed E-state index contributed by atoms with van der Waals surface area (Å²) < 4.78 is 56.7. The minimum Gasteiger partial charge on any atom is -0.481 e. The normalized spacial score (nSPS) is 17.9. The lowest BCUT2D eigenvalue weighted by atomic mass is 9.87. The third kappa shape index (κ3) is 15.9. The highest BCUT2D eigenvalue weighted by atomic mass is 16.7. The van der Waals surface area contributed by atoms with Crippen molar-refractivity contribution < 1.29 is 76.5 Å². The smallest absolute Gasteiger partial charge is 0.407 e. The lowest BCUT2D eigenvalue weighted by Crippen LogP contribution is -2.63. The van der Waals surface area contributed by atoms with Gasteiger partial charge < -0.3 is 53.1 Å². The van der Waals surface area contributed by atoms with Crippen LogP contribution in [0.2, 0.25) is 0 Å². The van der Waals surface area contributed by atoms with E-state index in [4.69, 9.17) is 47.7 Å². The van der Waals surface area contributed by atoms with Gasteiger partial charge in [0.15, 0.2) is 24.6 Å². The molecule has 4 unspecified atom stereocenters. The largest absolute Gasteiger partial charge is 0.481 e. The molecule has 0 bridgehead atoms. The molecule has 1 saturated heterocycles. The molecule has 1 fully saturated rings. The number of aliphatic carboxylic acids is 1. The Bertz CT molecular complexity index is 3270. The van der Waals surface area contributed by atoms with Crippen LogP contribution in [0, 0.1) is 0 Å². The molecule has 7 aromatic rings. The Labute approximate surface area is 478 Å². The summed E-state index contributed by atoms with van der Waals surface area (Å²) >= 11 is 0. The number of hydrogen-bond acceptors (Lipinski definition) is 17. The van der Waals surface area contributed by atoms with E-state index < -0.39 is 79.4 Å². The number of amides is 1. The van der Waals surface area contributed by atoms with Gasteiger partial charge in [0, 0.05) is 36.1 Å². The van der Waals surface area contributed by atoms with Crippen molar-refractivity contribution in [2.45, 2.75) is 75.5 Å². The molecule has 2 heterocycles. The number of hydrogen-bond donors (Lipinski definition) is 2. The minimum absolute atomic E-state index is 0.0159. The second-order valence-electron chi connectivity index (χ2n) is 19.3. The van der Waals surface area contributed by atoms with Crippen LogP contribution < -0.4 is 5.32 Å². The van der Waals surface area contributed by atoms with Gasteiger partial charge in [-0.3, -0.25) is 4.79 Å². The van der Waals surface area contributed by atoms with Crippen molar-refractivity contribution in [3.8, 4) is 22.5 Å². The molecule has 20 nitrogen and oxygen atoms in total. The van der Waals surface area contributed by atoms with Crippen molar-refractivity contribution in [3.63, 3.8) is 0 Å². The Morgan fingerprint density at radius 2 is 1.08 bits per heavy atom. The standard InChI is InChI=1S/C63H62N4O16/c68-52(69)32-14-5-19-33-64-63(74)80-50-40-46-28-15-16-29-47(46)53-54(49-31-18-17-30-48(49)50)67(66-65-53)34-35-75-36-37-76-38-39-77-62-57(83-61(73)45-26-12-4-13-27-45)56(82-60(72)44-24-10-3-11-25-44)55(81-59(71)43-22-8-2-9-23-43)51(79-62)41-78-58(70)42-20-6-1-7-21-42/h1-4,6-13,15-18,20-31,50-51,55-57,62H,5,14,19,32-41H2,(H,64,74)(H,68,69)/t50?,51?,55-,56?,57?,62+/m1/s1. The molecule has 0 spiro atoms. The fourth-order valence-corrected chi connectivity index (χ4v) is 9.55. The summed E-state index contributed by atoms with van der Waals surface area (Å²) in [5, 5.41) is 21.0. The van der Waals surface area contributed by atoms with Gasteiger partial charge in [-0.25, -0.2) is 28.7 Å². The summed E-state index contributed by atoms with van der Waals surface area (Å²) in [5.41, 5.74) is 5.43. The van der Waals surface area contributed by atoms with E-state index in [0.717, 1.165) is 27.9 Å². The van der Waals surface area contributed by atoms with Crippen molar-refractivity contribution in [2.75, 3.05) is 46.2 Å². The highest BCUT2D eigenvalue weighted by Gasteiger charge is 2.54. The van der Waals surface area contributed by atoms with E-state index in [0.29, 0.717) is 44.5 Å². The topological polar surface area (TPSA) is 248 Å². The molecule has 83 heavy (non-hydrogen) atoms. The van der Waals surface area contributed by atoms with Gasteiger partial charge in [0.1, 0.15) is 24.5 Å². The number of unbranched alkanes of at least 4 members (excludes halogenated alkanes) is 2. The third-order valence-electron chi connectivity index (χ3n) is 13.6. The number of carbonyl (C=O) groups is 6. The molecule has 20 heteroatoms. The fraction of sp³-hybridized carbons (Fsp3) is 0.302. The lowest BCUT2D eigenvalue weighted by molar-refractivity contribution is -0.300. The molecule has 6 aromatic carbocycles. The number of alkyl carbamates (subject to hydrolysis) is 1. The molecule has 6 atom stereocenters. The predicted molar refractivity (Wildman–Crippen MR) is 298 cm³/mol. The molecule has 430 valence electrons. The summed E-state index contributed by atoms with van der Waals surface area (Å²) in [6.07, 6.45) is -6.51. The Morgan fingerprint density at radius 1 is 0.554 bits per heavy atom. The molecule has 1 aliphatic carbocycles. The number of ether oxygens (including phenoxy) is 9. The Balaban J connectivity index is 0.865. The number of nitrogens with zero attached hydrogens (tertiary/aromatic N) is 3. The molecule has 1 aliphatic heterocycles. The van der Waals surface area contributed by atoms with E-state index in [1.807, 2.05) is 48.5 Å². The quantitative estimate of drug-likeness (QED) is 0.0292. The molecule has 0 saturated carbocycles. The number of nitrogens with one attached hydrogen (secondary N) is 1. The second kappa shape index (κ2) is 29.6. The number of carbonyl (C=O) groups excluding carboxylic acids is 5. The zero-order valence-electron chi connectivity index (χ0n) is 45.2. The highest BCUT2D eigenvalue weighted by molar-refractivity contribution is 5.92. The van der Waals surface area contributed by atoms with E-state index in [2.05, 4.69) is 15.6 Å². The number of carboxylic acid groups (broad SMARTS) is 1. The van der Waals surface area contributed by atoms with E-state index in [9.17, 15) is 28.8 Å². The van der Waals surface area contributed by atoms with Crippen molar-refractivity contribution in [3.05, 3.63) is 203 Å². The fourth-order valence-electron chi connectivity index (χ4n) is 9.55. The van der Waals surface area contributed by atoms with Gasteiger partial charge in [-0.2, -0.15) is 0 Å². The first-order chi connectivity index (χ1) is 40.6. The van der Waals surface area contributed by atoms with Gasteiger partial charge in [0.05, 0.1) is 67.5 Å². The van der Waals surface area contributed by atoms with E-state index in [-0.39, 0.29) is 61.7 Å². The van der Waals surface area contributed by atoms with Gasteiger partial charge in [0.2, 0.25) is 0 Å². The zero-order chi connectivity index (χ0) is 57.8. The average Bonchev–Trinajstić information content (AvgIpc) is 3.79. The molecule has 1 amide bonds.